The van der Waals surface area contributed by atoms with E-state index in [-0.39, 0.29) is 16.2 Å². The monoisotopic (exact) mass is 481 g/mol. The van der Waals surface area contributed by atoms with Crippen LogP contribution in [0.2, 0.25) is 10.0 Å². The fourth-order valence-corrected chi connectivity index (χ4v) is 3.12. The Morgan fingerprint density at radius 2 is 1.88 bits per heavy atom. The van der Waals surface area contributed by atoms with Gasteiger partial charge in [0.25, 0.3) is 0 Å². The van der Waals surface area contributed by atoms with Crippen LogP contribution in [0.25, 0.3) is 6.08 Å². The predicted octanol–water partition coefficient (Wildman–Crippen LogP) is 6.27. The van der Waals surface area contributed by atoms with Gasteiger partial charge in [-0.3, -0.25) is 4.98 Å². The van der Waals surface area contributed by atoms with Gasteiger partial charge in [-0.2, -0.15) is 13.2 Å². The SMILES string of the molecule is O=C(OCc1cccc(C(F)(F)F)c1)C(=Cc1ccc(Cl)c(Cl)c1)C(O)c1cccnc1. The highest BCUT2D eigenvalue weighted by Crippen LogP contribution is 2.30. The summed E-state index contributed by atoms with van der Waals surface area (Å²) < 4.78 is 44.0. The van der Waals surface area contributed by atoms with Crippen molar-refractivity contribution in [3.63, 3.8) is 0 Å². The molecule has 1 unspecified atom stereocenters. The molecule has 0 radical (unpaired) electrons. The molecule has 3 aromatic rings. The molecule has 2 aromatic carbocycles. The van der Waals surface area contributed by atoms with Crippen LogP contribution < -0.4 is 0 Å². The number of alkyl halides is 3. The van der Waals surface area contributed by atoms with Crippen molar-refractivity contribution in [2.75, 3.05) is 0 Å². The fraction of sp³-hybridized carbons (Fsp3) is 0.130. The van der Waals surface area contributed by atoms with Gasteiger partial charge in [0.15, 0.2) is 0 Å². The molecule has 0 aliphatic heterocycles. The number of esters is 1. The van der Waals surface area contributed by atoms with Crippen LogP contribution >= 0.6 is 23.2 Å². The van der Waals surface area contributed by atoms with Crippen LogP contribution in [0, 0.1) is 0 Å². The van der Waals surface area contributed by atoms with Gasteiger partial charge in [0.05, 0.1) is 21.2 Å². The number of pyridine rings is 1. The first kappa shape index (κ1) is 23.8. The molecule has 0 spiro atoms. The smallest absolute Gasteiger partial charge is 0.416 e. The Bertz CT molecular complexity index is 1130. The summed E-state index contributed by atoms with van der Waals surface area (Å²) in [6, 6.07) is 12.2. The van der Waals surface area contributed by atoms with Crippen molar-refractivity contribution in [3.05, 3.63) is 105 Å². The number of ether oxygens (including phenoxy) is 1. The van der Waals surface area contributed by atoms with Gasteiger partial charge < -0.3 is 9.84 Å². The molecular formula is C23H16Cl2F3NO3. The van der Waals surface area contributed by atoms with Crippen molar-refractivity contribution in [2.45, 2.75) is 18.9 Å². The minimum Gasteiger partial charge on any atom is -0.457 e. The maximum Gasteiger partial charge on any atom is 0.416 e. The zero-order valence-corrected chi connectivity index (χ0v) is 17.8. The highest BCUT2D eigenvalue weighted by molar-refractivity contribution is 6.42. The molecular weight excluding hydrogens is 466 g/mol. The molecule has 1 N–H and O–H groups in total. The van der Waals surface area contributed by atoms with Gasteiger partial charge in [0.1, 0.15) is 12.7 Å². The second kappa shape index (κ2) is 10.2. The topological polar surface area (TPSA) is 59.4 Å². The first-order chi connectivity index (χ1) is 15.1. The Kier molecular flexibility index (Phi) is 7.56. The van der Waals surface area contributed by atoms with E-state index in [1.165, 1.54) is 42.7 Å². The molecule has 0 aliphatic rings. The number of aliphatic hydroxyl groups excluding tert-OH is 1. The van der Waals surface area contributed by atoms with E-state index >= 15 is 0 Å². The quantitative estimate of drug-likeness (QED) is 0.333. The number of nitrogens with zero attached hydrogens (tertiary/aromatic N) is 1. The summed E-state index contributed by atoms with van der Waals surface area (Å²) >= 11 is 11.9. The predicted molar refractivity (Wildman–Crippen MR) is 115 cm³/mol. The molecule has 3 rings (SSSR count). The molecule has 0 fully saturated rings. The van der Waals surface area contributed by atoms with Gasteiger partial charge in [-0.15, -0.1) is 0 Å². The van der Waals surface area contributed by atoms with Crippen LogP contribution in [0.1, 0.15) is 28.4 Å². The first-order valence-electron chi connectivity index (χ1n) is 9.23. The third-order valence-corrected chi connectivity index (χ3v) is 5.16. The molecule has 4 nitrogen and oxygen atoms in total. The number of halogens is 5. The molecule has 0 saturated heterocycles. The lowest BCUT2D eigenvalue weighted by Crippen LogP contribution is -2.15. The summed E-state index contributed by atoms with van der Waals surface area (Å²) in [7, 11) is 0. The average Bonchev–Trinajstić information content (AvgIpc) is 2.78. The van der Waals surface area contributed by atoms with E-state index in [1.54, 1.807) is 18.2 Å². The lowest BCUT2D eigenvalue weighted by molar-refractivity contribution is -0.141. The number of carbonyl (C=O) groups excluding carboxylic acids is 1. The lowest BCUT2D eigenvalue weighted by atomic mass is 10.0. The van der Waals surface area contributed by atoms with Crippen molar-refractivity contribution >= 4 is 35.2 Å². The maximum absolute atomic E-state index is 12.9. The van der Waals surface area contributed by atoms with Crippen molar-refractivity contribution in [1.29, 1.82) is 0 Å². The van der Waals surface area contributed by atoms with E-state index in [4.69, 9.17) is 27.9 Å². The summed E-state index contributed by atoms with van der Waals surface area (Å²) in [5.74, 6) is -0.912. The van der Waals surface area contributed by atoms with E-state index in [0.717, 1.165) is 12.1 Å². The summed E-state index contributed by atoms with van der Waals surface area (Å²) in [4.78, 5) is 16.7. The van der Waals surface area contributed by atoms with Crippen molar-refractivity contribution in [1.82, 2.24) is 4.98 Å². The lowest BCUT2D eigenvalue weighted by Gasteiger charge is -2.15. The Hall–Kier alpha value is -2.87. The second-order valence-corrected chi connectivity index (χ2v) is 7.55. The number of hydrogen-bond donors (Lipinski definition) is 1. The Balaban J connectivity index is 1.88. The summed E-state index contributed by atoms with van der Waals surface area (Å²) in [6.07, 6.45) is -1.66. The molecule has 0 bridgehead atoms. The van der Waals surface area contributed by atoms with E-state index in [9.17, 15) is 23.1 Å². The van der Waals surface area contributed by atoms with Gasteiger partial charge in [-0.05, 0) is 47.5 Å². The molecule has 0 saturated carbocycles. The van der Waals surface area contributed by atoms with Crippen molar-refractivity contribution in [3.8, 4) is 0 Å². The Labute approximate surface area is 191 Å². The van der Waals surface area contributed by atoms with Gasteiger partial charge in [0.2, 0.25) is 0 Å². The van der Waals surface area contributed by atoms with Crippen LogP contribution in [0.15, 0.2) is 72.6 Å². The van der Waals surface area contributed by atoms with Crippen LogP contribution in [0.4, 0.5) is 13.2 Å². The molecule has 1 heterocycles. The molecule has 32 heavy (non-hydrogen) atoms. The summed E-state index contributed by atoms with van der Waals surface area (Å²) in [5.41, 5.74) is -0.0579. The third kappa shape index (κ3) is 6.09. The van der Waals surface area contributed by atoms with Gasteiger partial charge in [0, 0.05) is 18.0 Å². The van der Waals surface area contributed by atoms with E-state index < -0.39 is 30.4 Å². The standard InChI is InChI=1S/C23H16Cl2F3NO3/c24-19-7-6-14(11-20(19)25)10-18(21(30)16-4-2-8-29-12-16)22(31)32-13-15-3-1-5-17(9-15)23(26,27)28/h1-12,21,30H,13H2. The molecule has 1 atom stereocenters. The zero-order chi connectivity index (χ0) is 23.3. The minimum absolute atomic E-state index is 0.150. The summed E-state index contributed by atoms with van der Waals surface area (Å²) in [6.45, 7) is -0.415. The Morgan fingerprint density at radius 3 is 2.53 bits per heavy atom. The van der Waals surface area contributed by atoms with E-state index in [1.807, 2.05) is 0 Å². The van der Waals surface area contributed by atoms with Crippen LogP contribution in [0.3, 0.4) is 0 Å². The number of hydrogen-bond acceptors (Lipinski definition) is 4. The van der Waals surface area contributed by atoms with Gasteiger partial charge in [-0.25, -0.2) is 4.79 Å². The van der Waals surface area contributed by atoms with Crippen LogP contribution in [0.5, 0.6) is 0 Å². The molecule has 166 valence electrons. The normalized spacial score (nSPS) is 13.0. The highest BCUT2D eigenvalue weighted by atomic mass is 35.5. The summed E-state index contributed by atoms with van der Waals surface area (Å²) in [5, 5.41) is 11.3. The largest absolute Gasteiger partial charge is 0.457 e. The van der Waals surface area contributed by atoms with E-state index in [2.05, 4.69) is 4.98 Å². The molecule has 0 amide bonds. The van der Waals surface area contributed by atoms with Crippen LogP contribution in [-0.4, -0.2) is 16.1 Å². The number of benzene rings is 2. The second-order valence-electron chi connectivity index (χ2n) is 6.74. The number of aliphatic hydroxyl groups is 1. The van der Waals surface area contributed by atoms with E-state index in [0.29, 0.717) is 16.1 Å². The fourth-order valence-electron chi connectivity index (χ4n) is 2.82. The van der Waals surface area contributed by atoms with Gasteiger partial charge >= 0.3 is 12.1 Å². The number of carbonyl (C=O) groups is 1. The average molecular weight is 482 g/mol. The minimum atomic E-state index is -4.52. The highest BCUT2D eigenvalue weighted by Gasteiger charge is 2.30. The maximum atomic E-state index is 12.9. The third-order valence-electron chi connectivity index (χ3n) is 4.42. The number of aromatic nitrogens is 1. The molecule has 9 heteroatoms. The van der Waals surface area contributed by atoms with Gasteiger partial charge in [-0.1, -0.05) is 47.5 Å². The van der Waals surface area contributed by atoms with Crippen molar-refractivity contribution in [2.24, 2.45) is 0 Å². The number of rotatable bonds is 6. The molecule has 1 aromatic heterocycles. The van der Waals surface area contributed by atoms with Crippen molar-refractivity contribution < 1.29 is 27.8 Å². The zero-order valence-electron chi connectivity index (χ0n) is 16.3. The Morgan fingerprint density at radius 1 is 1.09 bits per heavy atom. The first-order valence-corrected chi connectivity index (χ1v) is 9.98. The van der Waals surface area contributed by atoms with Crippen LogP contribution in [-0.2, 0) is 22.3 Å². The molecule has 0 aliphatic carbocycles.